The first kappa shape index (κ1) is 13.5. The smallest absolute Gasteiger partial charge is 0.335 e. The molecule has 0 saturated carbocycles. The van der Waals surface area contributed by atoms with Gasteiger partial charge >= 0.3 is 5.97 Å². The summed E-state index contributed by atoms with van der Waals surface area (Å²) in [4.78, 5) is 11.7. The van der Waals surface area contributed by atoms with E-state index in [0.717, 1.165) is 12.8 Å². The van der Waals surface area contributed by atoms with Crippen LogP contribution in [0.2, 0.25) is 0 Å². The van der Waals surface area contributed by atoms with Gasteiger partial charge < -0.3 is 14.2 Å². The van der Waals surface area contributed by atoms with Gasteiger partial charge in [0.05, 0.1) is 6.10 Å². The minimum Gasteiger partial charge on any atom is -0.458 e. The lowest BCUT2D eigenvalue weighted by molar-refractivity contribution is -0.173. The number of hydrogen-bond acceptors (Lipinski definition) is 4. The molecule has 1 rings (SSSR count). The lowest BCUT2D eigenvalue weighted by Gasteiger charge is -2.27. The molecule has 0 amide bonds. The monoisotopic (exact) mass is 230 g/mol. The van der Waals surface area contributed by atoms with Crippen LogP contribution in [0.3, 0.4) is 0 Å². The summed E-state index contributed by atoms with van der Waals surface area (Å²) < 4.78 is 16.1. The number of rotatable bonds is 3. The van der Waals surface area contributed by atoms with E-state index in [4.69, 9.17) is 14.2 Å². The molecule has 94 valence electrons. The molecule has 4 nitrogen and oxygen atoms in total. The number of carbonyl (C=O) groups excluding carboxylic acids is 1. The number of ether oxygens (including phenoxy) is 3. The van der Waals surface area contributed by atoms with Crippen LogP contribution in [0.4, 0.5) is 0 Å². The molecule has 1 heterocycles. The Balaban J connectivity index is 2.33. The van der Waals surface area contributed by atoms with Crippen molar-refractivity contribution in [1.82, 2.24) is 0 Å². The molecule has 0 aromatic rings. The summed E-state index contributed by atoms with van der Waals surface area (Å²) in [5.41, 5.74) is -0.454. The zero-order chi connectivity index (χ0) is 12.2. The Morgan fingerprint density at radius 3 is 2.38 bits per heavy atom. The molecule has 4 heteroatoms. The molecular weight excluding hydrogens is 208 g/mol. The van der Waals surface area contributed by atoms with E-state index < -0.39 is 11.7 Å². The molecule has 1 fully saturated rings. The number of carbonyl (C=O) groups is 1. The first-order valence-electron chi connectivity index (χ1n) is 5.84. The maximum Gasteiger partial charge on any atom is 0.335 e. The van der Waals surface area contributed by atoms with Gasteiger partial charge in [-0.3, -0.25) is 0 Å². The average molecular weight is 230 g/mol. The molecule has 0 aromatic carbocycles. The third kappa shape index (κ3) is 4.94. The van der Waals surface area contributed by atoms with Crippen molar-refractivity contribution in [3.63, 3.8) is 0 Å². The first-order chi connectivity index (χ1) is 7.38. The number of esters is 1. The lowest BCUT2D eigenvalue weighted by Crippen LogP contribution is -2.35. The van der Waals surface area contributed by atoms with Crippen molar-refractivity contribution in [3.8, 4) is 0 Å². The van der Waals surface area contributed by atoms with Gasteiger partial charge in [-0.05, 0) is 40.5 Å². The minimum atomic E-state index is -0.498. The van der Waals surface area contributed by atoms with E-state index >= 15 is 0 Å². The summed E-state index contributed by atoms with van der Waals surface area (Å²) in [5, 5.41) is 0. The van der Waals surface area contributed by atoms with E-state index in [1.807, 2.05) is 20.8 Å². The molecule has 1 unspecified atom stereocenters. The fourth-order valence-corrected chi connectivity index (χ4v) is 1.54. The van der Waals surface area contributed by atoms with Gasteiger partial charge in [0.15, 0.2) is 6.10 Å². The molecule has 0 N–H and O–H groups in total. The Kier molecular flexibility index (Phi) is 4.74. The molecule has 0 radical (unpaired) electrons. The van der Waals surface area contributed by atoms with E-state index in [1.165, 1.54) is 0 Å². The molecule has 0 aromatic heterocycles. The summed E-state index contributed by atoms with van der Waals surface area (Å²) in [5.74, 6) is -0.293. The first-order valence-corrected chi connectivity index (χ1v) is 5.84. The highest BCUT2D eigenvalue weighted by atomic mass is 16.6. The SMILES string of the molecule is CC(OC1CCOCC1)C(=O)OC(C)(C)C. The maximum absolute atomic E-state index is 11.7. The Hall–Kier alpha value is -0.610. The summed E-state index contributed by atoms with van der Waals surface area (Å²) in [6, 6.07) is 0. The van der Waals surface area contributed by atoms with Gasteiger partial charge in [0.2, 0.25) is 0 Å². The highest BCUT2D eigenvalue weighted by Crippen LogP contribution is 2.15. The van der Waals surface area contributed by atoms with Gasteiger partial charge in [0.25, 0.3) is 0 Å². The second kappa shape index (κ2) is 5.64. The quantitative estimate of drug-likeness (QED) is 0.695. The van der Waals surface area contributed by atoms with Gasteiger partial charge in [0.1, 0.15) is 5.60 Å². The Morgan fingerprint density at radius 2 is 1.88 bits per heavy atom. The zero-order valence-corrected chi connectivity index (χ0v) is 10.6. The van der Waals surface area contributed by atoms with Crippen molar-refractivity contribution in [1.29, 1.82) is 0 Å². The van der Waals surface area contributed by atoms with Crippen molar-refractivity contribution in [2.75, 3.05) is 13.2 Å². The van der Waals surface area contributed by atoms with Crippen LogP contribution in [0, 0.1) is 0 Å². The van der Waals surface area contributed by atoms with E-state index in [-0.39, 0.29) is 12.1 Å². The van der Waals surface area contributed by atoms with Crippen molar-refractivity contribution >= 4 is 5.97 Å². The Morgan fingerprint density at radius 1 is 1.31 bits per heavy atom. The highest BCUT2D eigenvalue weighted by Gasteiger charge is 2.25. The highest BCUT2D eigenvalue weighted by molar-refractivity contribution is 5.74. The third-order valence-corrected chi connectivity index (χ3v) is 2.30. The molecule has 16 heavy (non-hydrogen) atoms. The Bertz CT molecular complexity index is 226. The Labute approximate surface area is 97.2 Å². The van der Waals surface area contributed by atoms with E-state index in [1.54, 1.807) is 6.92 Å². The molecule has 0 bridgehead atoms. The second-order valence-electron chi connectivity index (χ2n) is 5.12. The van der Waals surface area contributed by atoms with Crippen molar-refractivity contribution in [3.05, 3.63) is 0 Å². The van der Waals surface area contributed by atoms with Crippen molar-refractivity contribution in [2.24, 2.45) is 0 Å². The molecule has 1 saturated heterocycles. The largest absolute Gasteiger partial charge is 0.458 e. The fourth-order valence-electron chi connectivity index (χ4n) is 1.54. The van der Waals surface area contributed by atoms with Crippen LogP contribution in [-0.4, -0.2) is 37.0 Å². The number of hydrogen-bond donors (Lipinski definition) is 0. The standard InChI is InChI=1S/C12H22O4/c1-9(11(13)16-12(2,3)4)15-10-5-7-14-8-6-10/h9-10H,5-8H2,1-4H3. The van der Waals surface area contributed by atoms with Gasteiger partial charge in [-0.1, -0.05) is 0 Å². The minimum absolute atomic E-state index is 0.122. The summed E-state index contributed by atoms with van der Waals surface area (Å²) in [6.45, 7) is 8.73. The zero-order valence-electron chi connectivity index (χ0n) is 10.6. The van der Waals surface area contributed by atoms with E-state index in [0.29, 0.717) is 13.2 Å². The van der Waals surface area contributed by atoms with Crippen LogP contribution < -0.4 is 0 Å². The van der Waals surface area contributed by atoms with Gasteiger partial charge in [-0.25, -0.2) is 4.79 Å². The van der Waals surface area contributed by atoms with Crippen LogP contribution in [0.15, 0.2) is 0 Å². The second-order valence-corrected chi connectivity index (χ2v) is 5.12. The van der Waals surface area contributed by atoms with Crippen molar-refractivity contribution in [2.45, 2.75) is 58.3 Å². The average Bonchev–Trinajstić information content (AvgIpc) is 2.16. The molecule has 0 spiro atoms. The van der Waals surface area contributed by atoms with Crippen LogP contribution in [0.25, 0.3) is 0 Å². The molecule has 1 atom stereocenters. The molecular formula is C12H22O4. The topological polar surface area (TPSA) is 44.8 Å². The predicted octanol–water partition coefficient (Wildman–Crippen LogP) is 1.91. The van der Waals surface area contributed by atoms with Gasteiger partial charge in [-0.2, -0.15) is 0 Å². The van der Waals surface area contributed by atoms with Crippen LogP contribution in [-0.2, 0) is 19.0 Å². The summed E-state index contributed by atoms with van der Waals surface area (Å²) in [7, 11) is 0. The normalized spacial score (nSPS) is 20.5. The van der Waals surface area contributed by atoms with Crippen LogP contribution >= 0.6 is 0 Å². The molecule has 1 aliphatic heterocycles. The molecule has 0 aliphatic carbocycles. The van der Waals surface area contributed by atoms with Crippen LogP contribution in [0.5, 0.6) is 0 Å². The lowest BCUT2D eigenvalue weighted by atomic mass is 10.1. The van der Waals surface area contributed by atoms with Gasteiger partial charge in [-0.15, -0.1) is 0 Å². The summed E-state index contributed by atoms with van der Waals surface area (Å²) >= 11 is 0. The summed E-state index contributed by atoms with van der Waals surface area (Å²) in [6.07, 6.45) is 1.33. The van der Waals surface area contributed by atoms with E-state index in [2.05, 4.69) is 0 Å². The third-order valence-electron chi connectivity index (χ3n) is 2.30. The fraction of sp³-hybridized carbons (Fsp3) is 0.917. The molecule has 1 aliphatic rings. The van der Waals surface area contributed by atoms with E-state index in [9.17, 15) is 4.79 Å². The van der Waals surface area contributed by atoms with Crippen molar-refractivity contribution < 1.29 is 19.0 Å². The van der Waals surface area contributed by atoms with Crippen LogP contribution in [0.1, 0.15) is 40.5 Å². The maximum atomic E-state index is 11.7. The predicted molar refractivity (Wildman–Crippen MR) is 60.2 cm³/mol. The van der Waals surface area contributed by atoms with Gasteiger partial charge in [0, 0.05) is 13.2 Å².